The minimum atomic E-state index is -2.33. The molecule has 0 aromatic heterocycles. The van der Waals surface area contributed by atoms with Gasteiger partial charge in [-0.05, 0) is 33.9 Å². The number of nitrogens with zero attached hydrogens (tertiary/aromatic N) is 1. The molecule has 3 aliphatic rings. The third-order valence-electron chi connectivity index (χ3n) is 9.84. The first kappa shape index (κ1) is 36.1. The van der Waals surface area contributed by atoms with Crippen molar-refractivity contribution in [2.45, 2.75) is 56.7 Å². The number of halogens is 5. The maximum absolute atomic E-state index is 14.1. The molecule has 0 saturated carbocycles. The van der Waals surface area contributed by atoms with Crippen molar-refractivity contribution >= 4 is 5.91 Å². The highest BCUT2D eigenvalue weighted by Crippen LogP contribution is 2.39. The summed E-state index contributed by atoms with van der Waals surface area (Å²) < 4.78 is 93.8. The van der Waals surface area contributed by atoms with Crippen LogP contribution in [0.25, 0.3) is 11.1 Å². The minimum absolute atomic E-state index is 0.0493. The van der Waals surface area contributed by atoms with Gasteiger partial charge < -0.3 is 34.3 Å². The highest BCUT2D eigenvalue weighted by atomic mass is 19.2. The number of benzene rings is 4. The molecule has 3 unspecified atom stereocenters. The van der Waals surface area contributed by atoms with Crippen molar-refractivity contribution in [3.8, 4) is 11.1 Å². The number of piperidine rings is 1. The second kappa shape index (κ2) is 15.4. The van der Waals surface area contributed by atoms with Gasteiger partial charge in [0.25, 0.3) is 5.91 Å². The number of hydrogen-bond acceptors (Lipinski definition) is 7. The number of amides is 1. The van der Waals surface area contributed by atoms with Crippen molar-refractivity contribution in [3.63, 3.8) is 0 Å². The average molecular weight is 725 g/mol. The summed E-state index contributed by atoms with van der Waals surface area (Å²) in [5, 5.41) is 11.8. The Morgan fingerprint density at radius 2 is 1.40 bits per heavy atom. The van der Waals surface area contributed by atoms with E-state index in [1.807, 2.05) is 54.6 Å². The Morgan fingerprint density at radius 1 is 0.769 bits per heavy atom. The molecule has 4 aromatic rings. The summed E-state index contributed by atoms with van der Waals surface area (Å²) in [6.45, 7) is 3.35. The molecule has 13 heteroatoms. The monoisotopic (exact) mass is 724 g/mol. The normalized spacial score (nSPS) is 21.8. The molecule has 52 heavy (non-hydrogen) atoms. The van der Waals surface area contributed by atoms with Crippen LogP contribution in [0.3, 0.4) is 0 Å². The van der Waals surface area contributed by atoms with Gasteiger partial charge in [-0.2, -0.15) is 0 Å². The fourth-order valence-corrected chi connectivity index (χ4v) is 6.95. The highest BCUT2D eigenvalue weighted by Gasteiger charge is 2.41. The van der Waals surface area contributed by atoms with Crippen LogP contribution in [0.4, 0.5) is 22.0 Å². The summed E-state index contributed by atoms with van der Waals surface area (Å²) in [4.78, 5) is 14.8. The molecule has 3 saturated heterocycles. The first-order valence-electron chi connectivity index (χ1n) is 17.1. The maximum atomic E-state index is 14.1. The molecule has 3 aliphatic heterocycles. The van der Waals surface area contributed by atoms with Crippen LogP contribution >= 0.6 is 0 Å². The Kier molecular flexibility index (Phi) is 10.7. The zero-order valence-corrected chi connectivity index (χ0v) is 28.1. The lowest BCUT2D eigenvalue weighted by molar-refractivity contribution is -0.255. The Labute approximate surface area is 297 Å². The number of carbonyl (C=O) groups is 1. The molecule has 7 rings (SSSR count). The van der Waals surface area contributed by atoms with Crippen LogP contribution in [0.2, 0.25) is 0 Å². The minimum Gasteiger partial charge on any atom is -0.392 e. The van der Waals surface area contributed by atoms with E-state index in [1.165, 1.54) is 0 Å². The molecular formula is C39H37F5N2O6. The smallest absolute Gasteiger partial charge is 0.257 e. The van der Waals surface area contributed by atoms with Crippen LogP contribution in [0.15, 0.2) is 72.8 Å². The predicted octanol–water partition coefficient (Wildman–Crippen LogP) is 6.86. The van der Waals surface area contributed by atoms with Crippen LogP contribution < -0.4 is 5.32 Å². The second-order valence-corrected chi connectivity index (χ2v) is 13.2. The summed E-state index contributed by atoms with van der Waals surface area (Å²) >= 11 is 0. The summed E-state index contributed by atoms with van der Waals surface area (Å²) in [7, 11) is 0. The Balaban J connectivity index is 1.04. The number of likely N-dealkylation sites (tertiary alicyclic amines) is 1. The number of hydrogen-bond donors (Lipinski definition) is 2. The maximum Gasteiger partial charge on any atom is 0.257 e. The molecule has 3 atom stereocenters. The molecule has 274 valence electrons. The molecule has 3 heterocycles. The van der Waals surface area contributed by atoms with E-state index in [9.17, 15) is 31.9 Å². The van der Waals surface area contributed by atoms with Gasteiger partial charge in [0.1, 0.15) is 5.56 Å². The van der Waals surface area contributed by atoms with E-state index in [0.717, 1.165) is 53.7 Å². The van der Waals surface area contributed by atoms with E-state index < -0.39 is 52.6 Å². The van der Waals surface area contributed by atoms with Gasteiger partial charge in [0.05, 0.1) is 32.0 Å². The number of carbonyl (C=O) groups excluding carboxylic acids is 1. The van der Waals surface area contributed by atoms with Gasteiger partial charge in [-0.1, -0.05) is 66.7 Å². The lowest BCUT2D eigenvalue weighted by Gasteiger charge is -2.41. The van der Waals surface area contributed by atoms with E-state index in [-0.39, 0.29) is 25.4 Å². The van der Waals surface area contributed by atoms with E-state index in [2.05, 4.69) is 10.2 Å². The van der Waals surface area contributed by atoms with Crippen molar-refractivity contribution in [3.05, 3.63) is 130 Å². The molecular weight excluding hydrogens is 687 g/mol. The van der Waals surface area contributed by atoms with E-state index >= 15 is 0 Å². The van der Waals surface area contributed by atoms with Crippen LogP contribution in [-0.4, -0.2) is 60.7 Å². The Morgan fingerprint density at radius 3 is 2.06 bits per heavy atom. The summed E-state index contributed by atoms with van der Waals surface area (Å²) in [6, 6.07) is 22.3. The van der Waals surface area contributed by atoms with E-state index in [1.54, 1.807) is 18.2 Å². The van der Waals surface area contributed by atoms with Crippen molar-refractivity contribution in [1.82, 2.24) is 10.2 Å². The SMILES string of the molecule is O=C(NCc1cccc(-c2ccc(C3OC(CN4CCC5(CC4)OCCO5)CC(c4ccc(CO)cc4)O3)cc2)c1)c1c(F)c(F)c(F)c(F)c1F. The molecule has 1 amide bonds. The molecule has 8 nitrogen and oxygen atoms in total. The van der Waals surface area contributed by atoms with Crippen molar-refractivity contribution in [2.24, 2.45) is 0 Å². The standard InChI is InChI=1S/C39H37F5N2O6/c40-32-31(33(41)35(43)36(44)34(32)42)37(48)45-20-24-2-1-3-28(18-24)25-8-10-27(11-9-25)38-51-29(19-30(52-38)26-6-4-23(22-47)5-7-26)21-46-14-12-39(13-15-46)49-16-17-50-39/h1-11,18,29-30,38,47H,12-17,19-22H2,(H,45,48). The first-order valence-corrected chi connectivity index (χ1v) is 17.1. The van der Waals surface area contributed by atoms with Crippen LogP contribution in [0.1, 0.15) is 64.3 Å². The third-order valence-corrected chi connectivity index (χ3v) is 9.84. The first-order chi connectivity index (χ1) is 25.1. The fraction of sp³-hybridized carbons (Fsp3) is 0.359. The molecule has 4 aromatic carbocycles. The van der Waals surface area contributed by atoms with E-state index in [0.29, 0.717) is 31.7 Å². The highest BCUT2D eigenvalue weighted by molar-refractivity contribution is 5.94. The molecule has 0 bridgehead atoms. The quantitative estimate of drug-likeness (QED) is 0.111. The summed E-state index contributed by atoms with van der Waals surface area (Å²) in [5.41, 5.74) is 3.18. The number of nitrogens with one attached hydrogen (secondary N) is 1. The molecule has 0 radical (unpaired) electrons. The van der Waals surface area contributed by atoms with Gasteiger partial charge >= 0.3 is 0 Å². The van der Waals surface area contributed by atoms with Crippen molar-refractivity contribution < 1.29 is 50.8 Å². The van der Waals surface area contributed by atoms with Crippen LogP contribution in [0, 0.1) is 29.1 Å². The largest absolute Gasteiger partial charge is 0.392 e. The van der Waals surface area contributed by atoms with Gasteiger partial charge in [0.15, 0.2) is 35.3 Å². The van der Waals surface area contributed by atoms with Crippen LogP contribution in [0.5, 0.6) is 0 Å². The van der Waals surface area contributed by atoms with Gasteiger partial charge in [-0.25, -0.2) is 22.0 Å². The van der Waals surface area contributed by atoms with Crippen molar-refractivity contribution in [1.29, 1.82) is 0 Å². The lowest BCUT2D eigenvalue weighted by Crippen LogP contribution is -2.48. The zero-order valence-electron chi connectivity index (χ0n) is 28.1. The zero-order chi connectivity index (χ0) is 36.4. The van der Waals surface area contributed by atoms with Crippen LogP contribution in [-0.2, 0) is 32.1 Å². The summed E-state index contributed by atoms with van der Waals surface area (Å²) in [5.74, 6) is -13.0. The average Bonchev–Trinajstić information content (AvgIpc) is 3.64. The Hall–Kier alpha value is -4.24. The number of rotatable bonds is 9. The summed E-state index contributed by atoms with van der Waals surface area (Å²) in [6.07, 6.45) is 1.21. The number of ether oxygens (including phenoxy) is 4. The van der Waals surface area contributed by atoms with Crippen molar-refractivity contribution in [2.75, 3.05) is 32.8 Å². The Bertz CT molecular complexity index is 1870. The fourth-order valence-electron chi connectivity index (χ4n) is 6.95. The second-order valence-electron chi connectivity index (χ2n) is 13.2. The topological polar surface area (TPSA) is 89.5 Å². The molecule has 0 aliphatic carbocycles. The molecule has 1 spiro atoms. The molecule has 2 N–H and O–H groups in total. The number of aliphatic hydroxyl groups excluding tert-OH is 1. The molecule has 3 fully saturated rings. The third kappa shape index (κ3) is 7.61. The van der Waals surface area contributed by atoms with E-state index in [4.69, 9.17) is 18.9 Å². The van der Waals surface area contributed by atoms with Gasteiger partial charge in [0, 0.05) is 51.0 Å². The lowest BCUT2D eigenvalue weighted by atomic mass is 9.98. The van der Waals surface area contributed by atoms with Gasteiger partial charge in [-0.3, -0.25) is 4.79 Å². The number of aliphatic hydroxyl groups is 1. The van der Waals surface area contributed by atoms with Gasteiger partial charge in [0.2, 0.25) is 5.82 Å². The predicted molar refractivity (Wildman–Crippen MR) is 178 cm³/mol. The van der Waals surface area contributed by atoms with Gasteiger partial charge in [-0.15, -0.1) is 0 Å².